The summed E-state index contributed by atoms with van der Waals surface area (Å²) in [4.78, 5) is 0. The Morgan fingerprint density at radius 3 is 2.50 bits per heavy atom. The van der Waals surface area contributed by atoms with Gasteiger partial charge in [0.05, 0.1) is 51.2 Å². The standard InChI is InChI=1S/C11H20ClN3O3/c1-10(12)11-9-15(14-13-11)3-4-17-7-8-18-6-5-16-2/h9-10H,3-8H2,1-2H3. The second-order valence-electron chi connectivity index (χ2n) is 3.74. The molecule has 1 atom stereocenters. The summed E-state index contributed by atoms with van der Waals surface area (Å²) in [6, 6.07) is 0. The van der Waals surface area contributed by atoms with Crippen LogP contribution in [0.15, 0.2) is 6.20 Å². The molecule has 7 heteroatoms. The van der Waals surface area contributed by atoms with Gasteiger partial charge in [-0.05, 0) is 6.92 Å². The number of hydrogen-bond acceptors (Lipinski definition) is 5. The van der Waals surface area contributed by atoms with Crippen LogP contribution in [0.2, 0.25) is 0 Å². The highest BCUT2D eigenvalue weighted by molar-refractivity contribution is 6.20. The molecule has 0 spiro atoms. The molecule has 0 fully saturated rings. The minimum absolute atomic E-state index is 0.117. The Kier molecular flexibility index (Phi) is 7.91. The maximum Gasteiger partial charge on any atom is 0.100 e. The van der Waals surface area contributed by atoms with E-state index in [9.17, 15) is 0 Å². The highest BCUT2D eigenvalue weighted by atomic mass is 35.5. The first-order chi connectivity index (χ1) is 8.74. The van der Waals surface area contributed by atoms with Gasteiger partial charge in [0.1, 0.15) is 5.69 Å². The van der Waals surface area contributed by atoms with Crippen molar-refractivity contribution in [3.63, 3.8) is 0 Å². The van der Waals surface area contributed by atoms with Crippen molar-refractivity contribution in [1.82, 2.24) is 15.0 Å². The lowest BCUT2D eigenvalue weighted by atomic mass is 10.4. The summed E-state index contributed by atoms with van der Waals surface area (Å²) in [6.45, 7) is 5.45. The van der Waals surface area contributed by atoms with Crippen LogP contribution in [0.25, 0.3) is 0 Å². The first kappa shape index (κ1) is 15.4. The summed E-state index contributed by atoms with van der Waals surface area (Å²) in [7, 11) is 1.65. The summed E-state index contributed by atoms with van der Waals surface area (Å²) in [5.74, 6) is 0. The number of hydrogen-bond donors (Lipinski definition) is 0. The van der Waals surface area contributed by atoms with Gasteiger partial charge in [-0.1, -0.05) is 5.21 Å². The molecule has 1 aromatic rings. The van der Waals surface area contributed by atoms with E-state index in [1.807, 2.05) is 13.1 Å². The SMILES string of the molecule is COCCOCCOCCn1cc(C(C)Cl)nn1. The maximum atomic E-state index is 5.89. The highest BCUT2D eigenvalue weighted by Gasteiger charge is 2.05. The van der Waals surface area contributed by atoms with Gasteiger partial charge in [-0.15, -0.1) is 16.7 Å². The Morgan fingerprint density at radius 1 is 1.22 bits per heavy atom. The predicted molar refractivity (Wildman–Crippen MR) is 67.8 cm³/mol. The van der Waals surface area contributed by atoms with Gasteiger partial charge in [-0.2, -0.15) is 0 Å². The third-order valence-corrected chi connectivity index (χ3v) is 2.46. The molecule has 6 nitrogen and oxygen atoms in total. The van der Waals surface area contributed by atoms with E-state index in [0.717, 1.165) is 5.69 Å². The number of aromatic nitrogens is 3. The van der Waals surface area contributed by atoms with Crippen LogP contribution in [-0.4, -0.2) is 55.1 Å². The Bertz CT molecular complexity index is 320. The smallest absolute Gasteiger partial charge is 0.100 e. The second kappa shape index (κ2) is 9.27. The minimum atomic E-state index is -0.117. The molecule has 0 radical (unpaired) electrons. The second-order valence-corrected chi connectivity index (χ2v) is 4.39. The van der Waals surface area contributed by atoms with E-state index in [-0.39, 0.29) is 5.38 Å². The fourth-order valence-electron chi connectivity index (χ4n) is 1.23. The van der Waals surface area contributed by atoms with Crippen LogP contribution in [0.1, 0.15) is 18.0 Å². The van der Waals surface area contributed by atoms with E-state index >= 15 is 0 Å². The van der Waals surface area contributed by atoms with Crippen LogP contribution in [0, 0.1) is 0 Å². The zero-order chi connectivity index (χ0) is 13.2. The molecule has 1 aromatic heterocycles. The fraction of sp³-hybridized carbons (Fsp3) is 0.818. The number of ether oxygens (including phenoxy) is 3. The molecule has 0 amide bonds. The summed E-state index contributed by atoms with van der Waals surface area (Å²) >= 11 is 5.89. The largest absolute Gasteiger partial charge is 0.382 e. The van der Waals surface area contributed by atoms with E-state index in [2.05, 4.69) is 10.3 Å². The van der Waals surface area contributed by atoms with Gasteiger partial charge in [0.15, 0.2) is 0 Å². The van der Waals surface area contributed by atoms with Crippen molar-refractivity contribution >= 4 is 11.6 Å². The van der Waals surface area contributed by atoms with E-state index in [1.165, 1.54) is 0 Å². The lowest BCUT2D eigenvalue weighted by Gasteiger charge is -2.05. The zero-order valence-corrected chi connectivity index (χ0v) is 11.6. The van der Waals surface area contributed by atoms with E-state index in [4.69, 9.17) is 25.8 Å². The molecule has 0 N–H and O–H groups in total. The molecule has 18 heavy (non-hydrogen) atoms. The molecule has 0 aliphatic carbocycles. The van der Waals surface area contributed by atoms with Gasteiger partial charge < -0.3 is 14.2 Å². The number of rotatable bonds is 10. The highest BCUT2D eigenvalue weighted by Crippen LogP contribution is 2.14. The monoisotopic (exact) mass is 277 g/mol. The van der Waals surface area contributed by atoms with Gasteiger partial charge in [-0.25, -0.2) is 4.68 Å². The Hall–Kier alpha value is -0.690. The van der Waals surface area contributed by atoms with Crippen molar-refractivity contribution in [3.8, 4) is 0 Å². The minimum Gasteiger partial charge on any atom is -0.382 e. The third-order valence-electron chi connectivity index (χ3n) is 2.23. The molecule has 0 aromatic carbocycles. The number of alkyl halides is 1. The van der Waals surface area contributed by atoms with Crippen LogP contribution in [0.5, 0.6) is 0 Å². The molecule has 1 unspecified atom stereocenters. The molecule has 0 saturated heterocycles. The number of halogens is 1. The molecule has 0 bridgehead atoms. The molecule has 0 saturated carbocycles. The van der Waals surface area contributed by atoms with E-state index in [0.29, 0.717) is 39.6 Å². The summed E-state index contributed by atoms with van der Waals surface area (Å²) in [5, 5.41) is 7.78. The molecule has 0 aliphatic rings. The van der Waals surface area contributed by atoms with Crippen molar-refractivity contribution in [2.24, 2.45) is 0 Å². The number of methoxy groups -OCH3 is 1. The van der Waals surface area contributed by atoms with Gasteiger partial charge in [0, 0.05) is 7.11 Å². The zero-order valence-electron chi connectivity index (χ0n) is 10.8. The van der Waals surface area contributed by atoms with Crippen molar-refractivity contribution in [2.45, 2.75) is 18.8 Å². The van der Waals surface area contributed by atoms with Crippen molar-refractivity contribution in [1.29, 1.82) is 0 Å². The summed E-state index contributed by atoms with van der Waals surface area (Å²) < 4.78 is 17.2. The quantitative estimate of drug-likeness (QED) is 0.476. The Morgan fingerprint density at radius 2 is 1.89 bits per heavy atom. The first-order valence-electron chi connectivity index (χ1n) is 5.92. The topological polar surface area (TPSA) is 58.4 Å². The van der Waals surface area contributed by atoms with Gasteiger partial charge in [0.25, 0.3) is 0 Å². The van der Waals surface area contributed by atoms with E-state index < -0.39 is 0 Å². The number of nitrogens with zero attached hydrogens (tertiary/aromatic N) is 3. The van der Waals surface area contributed by atoms with Crippen molar-refractivity contribution < 1.29 is 14.2 Å². The molecular weight excluding hydrogens is 258 g/mol. The van der Waals surface area contributed by atoms with Crippen LogP contribution in [-0.2, 0) is 20.8 Å². The van der Waals surface area contributed by atoms with Gasteiger partial charge >= 0.3 is 0 Å². The molecule has 1 heterocycles. The fourth-order valence-corrected chi connectivity index (χ4v) is 1.33. The lowest BCUT2D eigenvalue weighted by Crippen LogP contribution is -2.12. The van der Waals surface area contributed by atoms with Crippen LogP contribution in [0.3, 0.4) is 0 Å². The molecule has 1 rings (SSSR count). The van der Waals surface area contributed by atoms with Gasteiger partial charge in [0.2, 0.25) is 0 Å². The maximum absolute atomic E-state index is 5.89. The predicted octanol–water partition coefficient (Wildman–Crippen LogP) is 1.26. The lowest BCUT2D eigenvalue weighted by molar-refractivity contribution is 0.0224. The van der Waals surface area contributed by atoms with Gasteiger partial charge in [-0.3, -0.25) is 0 Å². The molecule has 0 aliphatic heterocycles. The molecule has 104 valence electrons. The Balaban J connectivity index is 2.00. The van der Waals surface area contributed by atoms with Crippen molar-refractivity contribution in [2.75, 3.05) is 40.1 Å². The normalized spacial score (nSPS) is 12.8. The van der Waals surface area contributed by atoms with Crippen molar-refractivity contribution in [3.05, 3.63) is 11.9 Å². The Labute approximate surface area is 112 Å². The molecular formula is C11H20ClN3O3. The average molecular weight is 278 g/mol. The summed E-state index contributed by atoms with van der Waals surface area (Å²) in [6.07, 6.45) is 1.83. The van der Waals surface area contributed by atoms with Crippen LogP contribution < -0.4 is 0 Å². The average Bonchev–Trinajstić information content (AvgIpc) is 2.81. The third kappa shape index (κ3) is 6.30. The van der Waals surface area contributed by atoms with Crippen LogP contribution >= 0.6 is 11.6 Å². The first-order valence-corrected chi connectivity index (χ1v) is 6.36. The van der Waals surface area contributed by atoms with E-state index in [1.54, 1.807) is 11.8 Å². The van der Waals surface area contributed by atoms with Crippen LogP contribution in [0.4, 0.5) is 0 Å². The summed E-state index contributed by atoms with van der Waals surface area (Å²) in [5.41, 5.74) is 0.777.